The normalized spacial score (nSPS) is 25.7. The number of carbonyl (C=O) groups excluding carboxylic acids is 1. The van der Waals surface area contributed by atoms with Crippen molar-refractivity contribution in [3.05, 3.63) is 35.9 Å². The summed E-state index contributed by atoms with van der Waals surface area (Å²) in [5.74, 6) is 0.636. The van der Waals surface area contributed by atoms with Gasteiger partial charge in [0.2, 0.25) is 0 Å². The van der Waals surface area contributed by atoms with Gasteiger partial charge in [-0.2, -0.15) is 0 Å². The van der Waals surface area contributed by atoms with Gasteiger partial charge in [0.1, 0.15) is 0 Å². The van der Waals surface area contributed by atoms with Crippen LogP contribution < -0.4 is 10.8 Å². The van der Waals surface area contributed by atoms with Gasteiger partial charge in [0, 0.05) is 50.5 Å². The Morgan fingerprint density at radius 2 is 1.87 bits per heavy atom. The van der Waals surface area contributed by atoms with Gasteiger partial charge in [-0.15, -0.1) is 0 Å². The molecule has 2 aliphatic heterocycles. The summed E-state index contributed by atoms with van der Waals surface area (Å²) in [5.41, 5.74) is 4.58. The number of anilines is 1. The molecule has 4 rings (SSSR count). The maximum atomic E-state index is 11.9. The second-order valence-corrected chi connectivity index (χ2v) is 9.23. The van der Waals surface area contributed by atoms with E-state index < -0.39 is 0 Å². The number of carbonyl (C=O) groups is 1. The van der Waals surface area contributed by atoms with Crippen LogP contribution in [-0.4, -0.2) is 49.4 Å². The molecule has 3 aliphatic rings. The number of ether oxygens (including phenoxy) is 1. The minimum atomic E-state index is -0.328. The molecule has 2 heterocycles. The lowest BCUT2D eigenvalue weighted by Gasteiger charge is -2.26. The van der Waals surface area contributed by atoms with Gasteiger partial charge in [0.05, 0.1) is 0 Å². The van der Waals surface area contributed by atoms with Gasteiger partial charge < -0.3 is 15.0 Å². The SMILES string of the molecule is O=C(C=Cc1ccc(N[C@@H]2CCN(CC3CCCCC3)C2)cc1)NOC1CCCCO1. The van der Waals surface area contributed by atoms with Crippen LogP contribution in [0.2, 0.25) is 0 Å². The number of nitrogens with zero attached hydrogens (tertiary/aromatic N) is 1. The lowest BCUT2D eigenvalue weighted by molar-refractivity contribution is -0.198. The summed E-state index contributed by atoms with van der Waals surface area (Å²) < 4.78 is 5.43. The Morgan fingerprint density at radius 3 is 2.65 bits per heavy atom. The molecule has 170 valence electrons. The summed E-state index contributed by atoms with van der Waals surface area (Å²) >= 11 is 0. The van der Waals surface area contributed by atoms with E-state index in [1.54, 1.807) is 6.08 Å². The standard InChI is InChI=1S/C25H37N3O3/c29-24(27-31-25-8-4-5-17-30-25)14-11-20-9-12-22(13-10-20)26-23-15-16-28(19-23)18-21-6-2-1-3-7-21/h9-14,21,23,25-26H,1-8,15-19H2,(H,27,29)/t23-,25?/m1/s1. The summed E-state index contributed by atoms with van der Waals surface area (Å²) in [7, 11) is 0. The first-order chi connectivity index (χ1) is 15.2. The Hall–Kier alpha value is -1.89. The fourth-order valence-electron chi connectivity index (χ4n) is 4.91. The molecule has 0 spiro atoms. The van der Waals surface area contributed by atoms with E-state index in [1.165, 1.54) is 57.7 Å². The van der Waals surface area contributed by atoms with E-state index in [1.807, 2.05) is 12.1 Å². The highest BCUT2D eigenvalue weighted by molar-refractivity contribution is 5.91. The zero-order valence-electron chi connectivity index (χ0n) is 18.6. The smallest absolute Gasteiger partial charge is 0.267 e. The predicted molar refractivity (Wildman–Crippen MR) is 123 cm³/mol. The molecular weight excluding hydrogens is 390 g/mol. The number of hydroxylamine groups is 1. The van der Waals surface area contributed by atoms with Crippen molar-refractivity contribution in [3.63, 3.8) is 0 Å². The van der Waals surface area contributed by atoms with E-state index in [2.05, 4.69) is 27.8 Å². The van der Waals surface area contributed by atoms with Crippen LogP contribution in [0, 0.1) is 5.92 Å². The monoisotopic (exact) mass is 427 g/mol. The van der Waals surface area contributed by atoms with E-state index in [0.29, 0.717) is 12.6 Å². The van der Waals surface area contributed by atoms with Crippen molar-refractivity contribution in [2.45, 2.75) is 70.1 Å². The van der Waals surface area contributed by atoms with Gasteiger partial charge in [0.15, 0.2) is 6.29 Å². The Kier molecular flexibility index (Phi) is 8.38. The molecule has 6 heteroatoms. The van der Waals surface area contributed by atoms with Gasteiger partial charge in [-0.3, -0.25) is 4.79 Å². The first kappa shape index (κ1) is 22.3. The summed E-state index contributed by atoms with van der Waals surface area (Å²) in [6, 6.07) is 8.77. The molecule has 1 aromatic rings. The second kappa shape index (κ2) is 11.7. The zero-order valence-corrected chi connectivity index (χ0v) is 18.6. The molecule has 3 fully saturated rings. The Morgan fingerprint density at radius 1 is 1.06 bits per heavy atom. The summed E-state index contributed by atoms with van der Waals surface area (Å²) in [5, 5.41) is 3.68. The number of nitrogens with one attached hydrogen (secondary N) is 2. The largest absolute Gasteiger partial charge is 0.381 e. The molecule has 1 aliphatic carbocycles. The van der Waals surface area contributed by atoms with Crippen LogP contribution in [0.15, 0.2) is 30.3 Å². The van der Waals surface area contributed by atoms with Crippen LogP contribution in [0.25, 0.3) is 6.08 Å². The molecule has 2 N–H and O–H groups in total. The molecule has 1 saturated carbocycles. The second-order valence-electron chi connectivity index (χ2n) is 9.23. The number of likely N-dealkylation sites (tertiary alicyclic amines) is 1. The van der Waals surface area contributed by atoms with E-state index in [-0.39, 0.29) is 12.2 Å². The quantitative estimate of drug-likeness (QED) is 0.477. The highest BCUT2D eigenvalue weighted by Crippen LogP contribution is 2.26. The van der Waals surface area contributed by atoms with Crippen LogP contribution in [0.3, 0.4) is 0 Å². The lowest BCUT2D eigenvalue weighted by atomic mass is 9.89. The van der Waals surface area contributed by atoms with Crippen molar-refractivity contribution >= 4 is 17.7 Å². The number of amides is 1. The van der Waals surface area contributed by atoms with Gasteiger partial charge in [-0.25, -0.2) is 10.3 Å². The first-order valence-corrected chi connectivity index (χ1v) is 12.1. The van der Waals surface area contributed by atoms with Crippen molar-refractivity contribution in [2.75, 3.05) is 31.6 Å². The zero-order chi connectivity index (χ0) is 21.3. The van der Waals surface area contributed by atoms with E-state index >= 15 is 0 Å². The molecule has 1 aromatic carbocycles. The van der Waals surface area contributed by atoms with Gasteiger partial charge in [0.25, 0.3) is 5.91 Å². The predicted octanol–water partition coefficient (Wildman–Crippen LogP) is 4.34. The van der Waals surface area contributed by atoms with Crippen molar-refractivity contribution < 1.29 is 14.4 Å². The maximum Gasteiger partial charge on any atom is 0.267 e. The third-order valence-corrected chi connectivity index (χ3v) is 6.65. The number of rotatable bonds is 8. The molecule has 6 nitrogen and oxygen atoms in total. The Labute approximate surface area is 186 Å². The van der Waals surface area contributed by atoms with Crippen LogP contribution in [0.1, 0.15) is 63.4 Å². The summed E-state index contributed by atoms with van der Waals surface area (Å²) in [6.45, 7) is 4.32. The fraction of sp³-hybridized carbons (Fsp3) is 0.640. The molecule has 1 amide bonds. The van der Waals surface area contributed by atoms with Crippen molar-refractivity contribution in [2.24, 2.45) is 5.92 Å². The van der Waals surface area contributed by atoms with Crippen LogP contribution in [0.4, 0.5) is 5.69 Å². The van der Waals surface area contributed by atoms with E-state index in [0.717, 1.165) is 43.0 Å². The van der Waals surface area contributed by atoms with E-state index in [4.69, 9.17) is 9.57 Å². The van der Waals surface area contributed by atoms with Gasteiger partial charge >= 0.3 is 0 Å². The van der Waals surface area contributed by atoms with Crippen LogP contribution in [0.5, 0.6) is 0 Å². The number of benzene rings is 1. The summed E-state index contributed by atoms with van der Waals surface area (Å²) in [6.07, 6.45) is 14.2. The molecule has 31 heavy (non-hydrogen) atoms. The van der Waals surface area contributed by atoms with Crippen LogP contribution in [-0.2, 0) is 14.4 Å². The highest BCUT2D eigenvalue weighted by Gasteiger charge is 2.25. The number of hydrogen-bond acceptors (Lipinski definition) is 5. The van der Waals surface area contributed by atoms with E-state index in [9.17, 15) is 4.79 Å². The average molecular weight is 428 g/mol. The molecule has 1 unspecified atom stereocenters. The first-order valence-electron chi connectivity index (χ1n) is 12.1. The molecular formula is C25H37N3O3. The van der Waals surface area contributed by atoms with Gasteiger partial charge in [-0.1, -0.05) is 31.4 Å². The van der Waals surface area contributed by atoms with Gasteiger partial charge in [-0.05, 0) is 61.8 Å². The molecule has 0 radical (unpaired) electrons. The number of hydrogen-bond donors (Lipinski definition) is 2. The van der Waals surface area contributed by atoms with Crippen molar-refractivity contribution in [1.82, 2.24) is 10.4 Å². The lowest BCUT2D eigenvalue weighted by Crippen LogP contribution is -2.32. The highest BCUT2D eigenvalue weighted by atomic mass is 16.8. The average Bonchev–Trinajstić information content (AvgIpc) is 3.25. The van der Waals surface area contributed by atoms with Crippen molar-refractivity contribution in [1.29, 1.82) is 0 Å². The Balaban J connectivity index is 1.17. The summed E-state index contributed by atoms with van der Waals surface area (Å²) in [4.78, 5) is 19.9. The third kappa shape index (κ3) is 7.34. The molecule has 0 bridgehead atoms. The minimum Gasteiger partial charge on any atom is -0.381 e. The van der Waals surface area contributed by atoms with Crippen LogP contribution >= 0.6 is 0 Å². The van der Waals surface area contributed by atoms with Crippen molar-refractivity contribution in [3.8, 4) is 0 Å². The molecule has 2 atom stereocenters. The topological polar surface area (TPSA) is 62.8 Å². The molecule has 0 aromatic heterocycles. The minimum absolute atomic E-state index is 0.277. The Bertz CT molecular complexity index is 709. The fourth-order valence-corrected chi connectivity index (χ4v) is 4.91. The molecule has 2 saturated heterocycles. The maximum absolute atomic E-state index is 11.9. The third-order valence-electron chi connectivity index (χ3n) is 6.65.